The lowest BCUT2D eigenvalue weighted by atomic mass is 9.98. The van der Waals surface area contributed by atoms with Gasteiger partial charge in [-0.2, -0.15) is 0 Å². The van der Waals surface area contributed by atoms with Gasteiger partial charge in [-0.3, -0.25) is 0 Å². The van der Waals surface area contributed by atoms with Crippen LogP contribution in [0.1, 0.15) is 38.3 Å². The summed E-state index contributed by atoms with van der Waals surface area (Å²) in [6, 6.07) is 5.07. The molecule has 0 aliphatic carbocycles. The third-order valence-electron chi connectivity index (χ3n) is 2.80. The monoisotopic (exact) mass is 255 g/mol. The molecule has 1 rings (SSSR count). The molecule has 0 amide bonds. The van der Waals surface area contributed by atoms with Crippen molar-refractivity contribution in [1.82, 2.24) is 5.32 Å². The summed E-state index contributed by atoms with van der Waals surface area (Å²) in [5.41, 5.74) is 1.73. The van der Waals surface area contributed by atoms with Crippen LogP contribution in [-0.2, 0) is 0 Å². The Hall–Kier alpha value is -0.860. The van der Waals surface area contributed by atoms with Gasteiger partial charge in [-0.15, -0.1) is 0 Å². The molecule has 0 heterocycles. The fraction of sp³-hybridized carbons (Fsp3) is 0.429. The molecule has 94 valence electrons. The minimum atomic E-state index is -0.330. The first-order valence-electron chi connectivity index (χ1n) is 5.94. The predicted octanol–water partition coefficient (Wildman–Crippen LogP) is 4.49. The lowest BCUT2D eigenvalue weighted by molar-refractivity contribution is 0.506. The maximum atomic E-state index is 13.9. The minimum Gasteiger partial charge on any atom is -0.310 e. The van der Waals surface area contributed by atoms with Gasteiger partial charge in [0.15, 0.2) is 0 Å². The zero-order chi connectivity index (χ0) is 12.8. The number of hydrogen-bond donors (Lipinski definition) is 1. The van der Waals surface area contributed by atoms with Gasteiger partial charge in [0.2, 0.25) is 0 Å². The molecule has 1 aromatic carbocycles. The molecular weight excluding hydrogens is 237 g/mol. The number of halogens is 2. The topological polar surface area (TPSA) is 12.0 Å². The molecule has 0 fully saturated rings. The molecule has 3 heteroatoms. The Kier molecular flexibility index (Phi) is 5.66. The van der Waals surface area contributed by atoms with Gasteiger partial charge in [0.25, 0.3) is 0 Å². The van der Waals surface area contributed by atoms with E-state index in [2.05, 4.69) is 18.8 Å². The highest BCUT2D eigenvalue weighted by molar-refractivity contribution is 6.30. The summed E-state index contributed by atoms with van der Waals surface area (Å²) in [7, 11) is 0. The fourth-order valence-electron chi connectivity index (χ4n) is 1.76. The van der Waals surface area contributed by atoms with Crippen molar-refractivity contribution in [3.63, 3.8) is 0 Å². The van der Waals surface area contributed by atoms with Gasteiger partial charge < -0.3 is 5.32 Å². The molecule has 1 unspecified atom stereocenters. The van der Waals surface area contributed by atoms with Crippen molar-refractivity contribution in [3.05, 3.63) is 46.8 Å². The predicted molar refractivity (Wildman–Crippen MR) is 71.9 cm³/mol. The van der Waals surface area contributed by atoms with Gasteiger partial charge in [0, 0.05) is 11.6 Å². The van der Waals surface area contributed by atoms with E-state index in [0.717, 1.165) is 25.0 Å². The second-order valence-electron chi connectivity index (χ2n) is 4.06. The average Bonchev–Trinajstić information content (AvgIpc) is 2.32. The van der Waals surface area contributed by atoms with Crippen LogP contribution >= 0.6 is 11.6 Å². The first-order valence-corrected chi connectivity index (χ1v) is 6.31. The molecule has 0 bridgehead atoms. The fourth-order valence-corrected chi connectivity index (χ4v) is 1.94. The van der Waals surface area contributed by atoms with E-state index in [1.54, 1.807) is 18.2 Å². The normalized spacial score (nSPS) is 12.5. The van der Waals surface area contributed by atoms with Crippen LogP contribution in [0.4, 0.5) is 4.39 Å². The molecule has 0 saturated heterocycles. The molecule has 17 heavy (non-hydrogen) atoms. The SMILES string of the molecule is C=C(CC)CC(NCC)c1cccc(Cl)c1F. The second-order valence-corrected chi connectivity index (χ2v) is 4.47. The summed E-state index contributed by atoms with van der Waals surface area (Å²) < 4.78 is 13.9. The van der Waals surface area contributed by atoms with Crippen molar-refractivity contribution >= 4 is 11.6 Å². The Morgan fingerprint density at radius 2 is 2.18 bits per heavy atom. The Morgan fingerprint density at radius 3 is 2.76 bits per heavy atom. The Bertz CT molecular complexity index is 390. The molecule has 1 nitrogen and oxygen atoms in total. The zero-order valence-corrected chi connectivity index (χ0v) is 11.1. The Morgan fingerprint density at radius 1 is 1.47 bits per heavy atom. The first-order chi connectivity index (χ1) is 8.10. The van der Waals surface area contributed by atoms with Crippen molar-refractivity contribution < 1.29 is 4.39 Å². The van der Waals surface area contributed by atoms with Crippen LogP contribution in [0.25, 0.3) is 0 Å². The molecule has 0 radical (unpaired) electrons. The Labute approximate surface area is 108 Å². The van der Waals surface area contributed by atoms with Crippen molar-refractivity contribution in [2.45, 2.75) is 32.7 Å². The maximum Gasteiger partial charge on any atom is 0.146 e. The van der Waals surface area contributed by atoms with Gasteiger partial charge in [0.05, 0.1) is 5.02 Å². The quantitative estimate of drug-likeness (QED) is 0.739. The summed E-state index contributed by atoms with van der Waals surface area (Å²) in [6.45, 7) is 8.82. The number of benzene rings is 1. The van der Waals surface area contributed by atoms with Gasteiger partial charge in [-0.1, -0.05) is 49.7 Å². The standard InChI is InChI=1S/C14H19ClFN/c1-4-10(3)9-13(17-5-2)11-7-6-8-12(15)14(11)16/h6-8,13,17H,3-5,9H2,1-2H3. The van der Waals surface area contributed by atoms with E-state index in [4.69, 9.17) is 11.6 Å². The van der Waals surface area contributed by atoms with Crippen LogP contribution in [0, 0.1) is 5.82 Å². The van der Waals surface area contributed by atoms with E-state index < -0.39 is 0 Å². The highest BCUT2D eigenvalue weighted by atomic mass is 35.5. The van der Waals surface area contributed by atoms with E-state index in [-0.39, 0.29) is 16.9 Å². The molecule has 0 spiro atoms. The largest absolute Gasteiger partial charge is 0.310 e. The van der Waals surface area contributed by atoms with Gasteiger partial charge >= 0.3 is 0 Å². The summed E-state index contributed by atoms with van der Waals surface area (Å²) in [5.74, 6) is -0.330. The lowest BCUT2D eigenvalue weighted by Gasteiger charge is -2.20. The molecule has 1 aromatic rings. The molecule has 0 aliphatic heterocycles. The van der Waals surface area contributed by atoms with E-state index >= 15 is 0 Å². The smallest absolute Gasteiger partial charge is 0.146 e. The van der Waals surface area contributed by atoms with Gasteiger partial charge in [-0.05, 0) is 25.5 Å². The Balaban J connectivity index is 2.96. The average molecular weight is 256 g/mol. The lowest BCUT2D eigenvalue weighted by Crippen LogP contribution is -2.22. The third kappa shape index (κ3) is 3.83. The van der Waals surface area contributed by atoms with Crippen LogP contribution in [0.2, 0.25) is 5.02 Å². The molecule has 0 aliphatic rings. The minimum absolute atomic E-state index is 0.0499. The first kappa shape index (κ1) is 14.2. The molecule has 0 saturated carbocycles. The molecule has 1 atom stereocenters. The van der Waals surface area contributed by atoms with E-state index in [1.165, 1.54) is 0 Å². The molecule has 1 N–H and O–H groups in total. The van der Waals surface area contributed by atoms with Crippen LogP contribution in [-0.4, -0.2) is 6.54 Å². The maximum absolute atomic E-state index is 13.9. The summed E-state index contributed by atoms with van der Waals surface area (Å²) >= 11 is 5.80. The third-order valence-corrected chi connectivity index (χ3v) is 3.09. The summed E-state index contributed by atoms with van der Waals surface area (Å²) in [4.78, 5) is 0. The summed E-state index contributed by atoms with van der Waals surface area (Å²) in [6.07, 6.45) is 1.64. The molecule has 0 aromatic heterocycles. The molecular formula is C14H19ClFN. The van der Waals surface area contributed by atoms with E-state index in [9.17, 15) is 4.39 Å². The number of nitrogens with one attached hydrogen (secondary N) is 1. The van der Waals surface area contributed by atoms with Crippen molar-refractivity contribution in [2.24, 2.45) is 0 Å². The number of hydrogen-bond acceptors (Lipinski definition) is 1. The zero-order valence-electron chi connectivity index (χ0n) is 10.4. The van der Waals surface area contributed by atoms with Crippen molar-refractivity contribution in [1.29, 1.82) is 0 Å². The number of rotatable bonds is 6. The van der Waals surface area contributed by atoms with E-state index in [0.29, 0.717) is 5.56 Å². The van der Waals surface area contributed by atoms with Gasteiger partial charge in [0.1, 0.15) is 5.82 Å². The van der Waals surface area contributed by atoms with Crippen molar-refractivity contribution in [3.8, 4) is 0 Å². The highest BCUT2D eigenvalue weighted by Crippen LogP contribution is 2.27. The van der Waals surface area contributed by atoms with Crippen LogP contribution in [0.3, 0.4) is 0 Å². The van der Waals surface area contributed by atoms with Crippen LogP contribution in [0.15, 0.2) is 30.4 Å². The second kappa shape index (κ2) is 6.77. The van der Waals surface area contributed by atoms with Crippen molar-refractivity contribution in [2.75, 3.05) is 6.54 Å². The summed E-state index contributed by atoms with van der Waals surface area (Å²) in [5, 5.41) is 3.45. The van der Waals surface area contributed by atoms with Crippen LogP contribution in [0.5, 0.6) is 0 Å². The van der Waals surface area contributed by atoms with E-state index in [1.807, 2.05) is 6.92 Å². The van der Waals surface area contributed by atoms with Gasteiger partial charge in [-0.25, -0.2) is 4.39 Å². The highest BCUT2D eigenvalue weighted by Gasteiger charge is 2.17. The van der Waals surface area contributed by atoms with Crippen LogP contribution < -0.4 is 5.32 Å².